The van der Waals surface area contributed by atoms with Crippen LogP contribution in [-0.4, -0.2) is 22.1 Å². The lowest BCUT2D eigenvalue weighted by molar-refractivity contribution is 0.183. The third-order valence-corrected chi connectivity index (χ3v) is 3.19. The van der Waals surface area contributed by atoms with Crippen LogP contribution < -0.4 is 5.32 Å². The van der Waals surface area contributed by atoms with Crippen LogP contribution in [0.25, 0.3) is 10.9 Å². The molecule has 1 atom stereocenters. The molecule has 80 valence electrons. The maximum absolute atomic E-state index is 9.45. The number of hydrogen-bond donors (Lipinski definition) is 2. The molecule has 2 rings (SSSR count). The molecule has 2 aromatic rings. The fourth-order valence-electron chi connectivity index (χ4n) is 1.37. The molecule has 1 aromatic carbocycles. The summed E-state index contributed by atoms with van der Waals surface area (Å²) < 4.78 is 4.32. The van der Waals surface area contributed by atoms with Gasteiger partial charge in [-0.15, -0.1) is 0 Å². The van der Waals surface area contributed by atoms with Gasteiger partial charge in [0.2, 0.25) is 0 Å². The smallest absolute Gasteiger partial charge is 0.117 e. The standard InChI is InChI=1S/C11H14N2OS/c1-2-8(14)7-12-11-9-5-3-4-6-10(9)13-15-11/h3-6,8,12,14H,2,7H2,1H3. The van der Waals surface area contributed by atoms with Crippen LogP contribution in [0, 0.1) is 0 Å². The lowest BCUT2D eigenvalue weighted by Crippen LogP contribution is -2.17. The van der Waals surface area contributed by atoms with Crippen molar-refractivity contribution in [3.05, 3.63) is 24.3 Å². The van der Waals surface area contributed by atoms with E-state index < -0.39 is 0 Å². The number of fused-ring (bicyclic) bond motifs is 1. The number of aromatic nitrogens is 1. The van der Waals surface area contributed by atoms with Crippen LogP contribution >= 0.6 is 11.5 Å². The van der Waals surface area contributed by atoms with E-state index in [1.54, 1.807) is 0 Å². The summed E-state index contributed by atoms with van der Waals surface area (Å²) in [6, 6.07) is 8.01. The van der Waals surface area contributed by atoms with Gasteiger partial charge < -0.3 is 10.4 Å². The van der Waals surface area contributed by atoms with Crippen LogP contribution in [0.3, 0.4) is 0 Å². The first-order valence-electron chi connectivity index (χ1n) is 5.07. The Morgan fingerprint density at radius 1 is 1.47 bits per heavy atom. The number of benzene rings is 1. The van der Waals surface area contributed by atoms with Crippen LogP contribution in [0.4, 0.5) is 5.00 Å². The first-order valence-corrected chi connectivity index (χ1v) is 5.85. The molecule has 0 amide bonds. The Balaban J connectivity index is 2.14. The molecule has 1 unspecified atom stereocenters. The van der Waals surface area contributed by atoms with Gasteiger partial charge in [-0.3, -0.25) is 0 Å². The van der Waals surface area contributed by atoms with E-state index in [4.69, 9.17) is 0 Å². The highest BCUT2D eigenvalue weighted by Gasteiger charge is 2.06. The molecule has 0 fully saturated rings. The summed E-state index contributed by atoms with van der Waals surface area (Å²) in [4.78, 5) is 0. The molecule has 0 saturated carbocycles. The minimum atomic E-state index is -0.286. The predicted molar refractivity (Wildman–Crippen MR) is 64.4 cm³/mol. The molecular weight excluding hydrogens is 208 g/mol. The maximum atomic E-state index is 9.45. The number of aliphatic hydroxyl groups excluding tert-OH is 1. The van der Waals surface area contributed by atoms with Crippen molar-refractivity contribution < 1.29 is 5.11 Å². The van der Waals surface area contributed by atoms with Gasteiger partial charge in [0.15, 0.2) is 0 Å². The van der Waals surface area contributed by atoms with Gasteiger partial charge in [0, 0.05) is 11.9 Å². The van der Waals surface area contributed by atoms with E-state index in [-0.39, 0.29) is 6.10 Å². The first-order chi connectivity index (χ1) is 7.31. The van der Waals surface area contributed by atoms with Crippen molar-refractivity contribution >= 4 is 27.4 Å². The summed E-state index contributed by atoms with van der Waals surface area (Å²) in [7, 11) is 0. The van der Waals surface area contributed by atoms with E-state index in [2.05, 4.69) is 9.69 Å². The fourth-order valence-corrected chi connectivity index (χ4v) is 2.14. The number of anilines is 1. The van der Waals surface area contributed by atoms with Crippen LogP contribution in [0.15, 0.2) is 24.3 Å². The van der Waals surface area contributed by atoms with E-state index in [1.807, 2.05) is 31.2 Å². The van der Waals surface area contributed by atoms with Gasteiger partial charge in [0.25, 0.3) is 0 Å². The monoisotopic (exact) mass is 222 g/mol. The summed E-state index contributed by atoms with van der Waals surface area (Å²) in [5, 5.41) is 14.8. The molecule has 1 heterocycles. The molecule has 4 heteroatoms. The SMILES string of the molecule is CCC(O)CNc1snc2ccccc12. The Bertz CT molecular complexity index is 441. The van der Waals surface area contributed by atoms with Crippen LogP contribution in [0.1, 0.15) is 13.3 Å². The van der Waals surface area contributed by atoms with Crippen molar-refractivity contribution in [2.75, 3.05) is 11.9 Å². The molecule has 0 radical (unpaired) electrons. The van der Waals surface area contributed by atoms with Crippen molar-refractivity contribution in [2.45, 2.75) is 19.4 Å². The summed E-state index contributed by atoms with van der Waals surface area (Å²) in [5.41, 5.74) is 1.01. The number of aliphatic hydroxyl groups is 1. The molecule has 0 aliphatic carbocycles. The first kappa shape index (κ1) is 10.4. The average Bonchev–Trinajstić information content (AvgIpc) is 2.69. The topological polar surface area (TPSA) is 45.1 Å². The number of nitrogens with zero attached hydrogens (tertiary/aromatic N) is 1. The Labute approximate surface area is 92.9 Å². The van der Waals surface area contributed by atoms with Gasteiger partial charge in [-0.25, -0.2) is 0 Å². The van der Waals surface area contributed by atoms with Crippen molar-refractivity contribution in [1.82, 2.24) is 4.37 Å². The van der Waals surface area contributed by atoms with Gasteiger partial charge in [-0.05, 0) is 30.1 Å². The summed E-state index contributed by atoms with van der Waals surface area (Å²) in [6.07, 6.45) is 0.481. The summed E-state index contributed by atoms with van der Waals surface area (Å²) in [6.45, 7) is 2.56. The Morgan fingerprint density at radius 3 is 3.07 bits per heavy atom. The Morgan fingerprint density at radius 2 is 2.27 bits per heavy atom. The summed E-state index contributed by atoms with van der Waals surface area (Å²) >= 11 is 1.44. The highest BCUT2D eigenvalue weighted by molar-refractivity contribution is 7.11. The molecule has 0 bridgehead atoms. The largest absolute Gasteiger partial charge is 0.391 e. The fraction of sp³-hybridized carbons (Fsp3) is 0.364. The van der Waals surface area contributed by atoms with Gasteiger partial charge in [0.1, 0.15) is 5.00 Å². The van der Waals surface area contributed by atoms with E-state index in [1.165, 1.54) is 11.5 Å². The summed E-state index contributed by atoms with van der Waals surface area (Å²) in [5.74, 6) is 0. The number of nitrogens with one attached hydrogen (secondary N) is 1. The van der Waals surface area contributed by atoms with Crippen molar-refractivity contribution in [2.24, 2.45) is 0 Å². The van der Waals surface area contributed by atoms with E-state index in [0.29, 0.717) is 6.54 Å². The van der Waals surface area contributed by atoms with E-state index in [9.17, 15) is 5.11 Å². The Kier molecular flexibility index (Phi) is 3.18. The third kappa shape index (κ3) is 2.27. The molecule has 0 saturated heterocycles. The normalized spacial score (nSPS) is 12.9. The zero-order valence-corrected chi connectivity index (χ0v) is 9.42. The maximum Gasteiger partial charge on any atom is 0.117 e. The molecule has 0 aliphatic rings. The lowest BCUT2D eigenvalue weighted by Gasteiger charge is -2.08. The lowest BCUT2D eigenvalue weighted by atomic mass is 10.2. The molecular formula is C11H14N2OS. The van der Waals surface area contributed by atoms with E-state index >= 15 is 0 Å². The van der Waals surface area contributed by atoms with Crippen molar-refractivity contribution in [1.29, 1.82) is 0 Å². The van der Waals surface area contributed by atoms with Crippen LogP contribution in [0.5, 0.6) is 0 Å². The van der Waals surface area contributed by atoms with Gasteiger partial charge in [0.05, 0.1) is 11.6 Å². The van der Waals surface area contributed by atoms with Crippen LogP contribution in [0.2, 0.25) is 0 Å². The van der Waals surface area contributed by atoms with Gasteiger partial charge in [-0.2, -0.15) is 4.37 Å². The Hall–Kier alpha value is -1.13. The average molecular weight is 222 g/mol. The minimum absolute atomic E-state index is 0.286. The van der Waals surface area contributed by atoms with Gasteiger partial charge >= 0.3 is 0 Å². The molecule has 1 aromatic heterocycles. The second kappa shape index (κ2) is 4.59. The highest BCUT2D eigenvalue weighted by Crippen LogP contribution is 2.26. The zero-order chi connectivity index (χ0) is 10.7. The minimum Gasteiger partial charge on any atom is -0.391 e. The van der Waals surface area contributed by atoms with Crippen LogP contribution in [-0.2, 0) is 0 Å². The van der Waals surface area contributed by atoms with Crippen molar-refractivity contribution in [3.63, 3.8) is 0 Å². The zero-order valence-electron chi connectivity index (χ0n) is 8.60. The number of hydrogen-bond acceptors (Lipinski definition) is 4. The second-order valence-corrected chi connectivity index (χ2v) is 4.25. The second-order valence-electron chi connectivity index (χ2n) is 3.47. The molecule has 3 nitrogen and oxygen atoms in total. The quantitative estimate of drug-likeness (QED) is 0.835. The molecule has 0 spiro atoms. The molecule has 2 N–H and O–H groups in total. The van der Waals surface area contributed by atoms with E-state index in [0.717, 1.165) is 22.3 Å². The van der Waals surface area contributed by atoms with Gasteiger partial charge in [-0.1, -0.05) is 19.1 Å². The predicted octanol–water partition coefficient (Wildman–Crippen LogP) is 2.48. The third-order valence-electron chi connectivity index (χ3n) is 2.35. The number of rotatable bonds is 4. The molecule has 0 aliphatic heterocycles. The highest BCUT2D eigenvalue weighted by atomic mass is 32.1. The van der Waals surface area contributed by atoms with Crippen molar-refractivity contribution in [3.8, 4) is 0 Å². The molecule has 15 heavy (non-hydrogen) atoms.